The molecule has 0 aliphatic carbocycles. The first-order valence-electron chi connectivity index (χ1n) is 7.09. The van der Waals surface area contributed by atoms with Gasteiger partial charge in [0.05, 0.1) is 10.7 Å². The fourth-order valence-electron chi connectivity index (χ4n) is 1.75. The number of hydrogen-bond acceptors (Lipinski definition) is 4. The Morgan fingerprint density at radius 2 is 1.75 bits per heavy atom. The molecule has 126 valence electrons. The molecule has 0 aliphatic rings. The second-order valence-electron chi connectivity index (χ2n) is 4.84. The zero-order valence-electron chi connectivity index (χ0n) is 12.8. The standard InChI is InChI=1S/C17H15Cl2NO4/c1-11(17(22)20-15-5-3-2-4-14(15)19)24-16(21)10-23-13-8-6-12(18)7-9-13/h2-9,11H,10H2,1H3,(H,20,22). The Bertz CT molecular complexity index is 719. The molecule has 2 aromatic carbocycles. The van der Waals surface area contributed by atoms with Crippen molar-refractivity contribution in [2.45, 2.75) is 13.0 Å². The molecule has 0 radical (unpaired) electrons. The van der Waals surface area contributed by atoms with Crippen molar-refractivity contribution in [3.8, 4) is 5.75 Å². The zero-order chi connectivity index (χ0) is 17.5. The van der Waals surface area contributed by atoms with Crippen LogP contribution < -0.4 is 10.1 Å². The van der Waals surface area contributed by atoms with E-state index in [4.69, 9.17) is 32.7 Å². The first kappa shape index (κ1) is 18.1. The van der Waals surface area contributed by atoms with Gasteiger partial charge in [0.15, 0.2) is 12.7 Å². The van der Waals surface area contributed by atoms with E-state index < -0.39 is 18.0 Å². The fraction of sp³-hybridized carbons (Fsp3) is 0.176. The molecule has 7 heteroatoms. The lowest BCUT2D eigenvalue weighted by atomic mass is 10.3. The summed E-state index contributed by atoms with van der Waals surface area (Å²) in [6, 6.07) is 13.3. The maximum atomic E-state index is 12.0. The maximum Gasteiger partial charge on any atom is 0.344 e. The fourth-order valence-corrected chi connectivity index (χ4v) is 2.06. The van der Waals surface area contributed by atoms with Gasteiger partial charge in [0, 0.05) is 5.02 Å². The molecule has 1 N–H and O–H groups in total. The van der Waals surface area contributed by atoms with Crippen molar-refractivity contribution in [3.63, 3.8) is 0 Å². The number of benzene rings is 2. The smallest absolute Gasteiger partial charge is 0.344 e. The summed E-state index contributed by atoms with van der Waals surface area (Å²) < 4.78 is 10.3. The van der Waals surface area contributed by atoms with Crippen molar-refractivity contribution >= 4 is 40.8 Å². The second kappa shape index (κ2) is 8.57. The van der Waals surface area contributed by atoms with E-state index in [0.717, 1.165) is 0 Å². The van der Waals surface area contributed by atoms with E-state index in [1.54, 1.807) is 48.5 Å². The van der Waals surface area contributed by atoms with Crippen LogP contribution >= 0.6 is 23.2 Å². The molecule has 0 fully saturated rings. The van der Waals surface area contributed by atoms with Gasteiger partial charge in [0.2, 0.25) is 0 Å². The van der Waals surface area contributed by atoms with Crippen LogP contribution in [0.5, 0.6) is 5.75 Å². The van der Waals surface area contributed by atoms with Gasteiger partial charge in [0.25, 0.3) is 5.91 Å². The first-order chi connectivity index (χ1) is 11.5. The van der Waals surface area contributed by atoms with E-state index in [9.17, 15) is 9.59 Å². The normalized spacial score (nSPS) is 11.5. The molecule has 1 unspecified atom stereocenters. The van der Waals surface area contributed by atoms with Crippen LogP contribution in [0.15, 0.2) is 48.5 Å². The van der Waals surface area contributed by atoms with E-state index in [1.807, 2.05) is 0 Å². The highest BCUT2D eigenvalue weighted by molar-refractivity contribution is 6.33. The van der Waals surface area contributed by atoms with Crippen molar-refractivity contribution in [1.29, 1.82) is 0 Å². The van der Waals surface area contributed by atoms with E-state index in [0.29, 0.717) is 21.5 Å². The third-order valence-corrected chi connectivity index (χ3v) is 3.56. The van der Waals surface area contributed by atoms with Crippen molar-refractivity contribution in [2.24, 2.45) is 0 Å². The molecule has 0 aromatic heterocycles. The molecule has 0 saturated heterocycles. The number of amides is 1. The molecule has 0 bridgehead atoms. The third kappa shape index (κ3) is 5.44. The predicted molar refractivity (Wildman–Crippen MR) is 92.6 cm³/mol. The van der Waals surface area contributed by atoms with E-state index in [2.05, 4.69) is 5.32 Å². The molecular formula is C17H15Cl2NO4. The highest BCUT2D eigenvalue weighted by Gasteiger charge is 2.19. The third-order valence-electron chi connectivity index (χ3n) is 2.98. The molecule has 5 nitrogen and oxygen atoms in total. The van der Waals surface area contributed by atoms with E-state index in [1.165, 1.54) is 6.92 Å². The Balaban J connectivity index is 1.81. The minimum Gasteiger partial charge on any atom is -0.482 e. The molecule has 2 aromatic rings. The number of para-hydroxylation sites is 1. The highest BCUT2D eigenvalue weighted by atomic mass is 35.5. The van der Waals surface area contributed by atoms with Crippen LogP contribution in [0, 0.1) is 0 Å². The van der Waals surface area contributed by atoms with E-state index >= 15 is 0 Å². The largest absolute Gasteiger partial charge is 0.482 e. The lowest BCUT2D eigenvalue weighted by Crippen LogP contribution is -2.31. The molecule has 0 spiro atoms. The summed E-state index contributed by atoms with van der Waals surface area (Å²) in [5, 5.41) is 3.55. The molecule has 0 saturated carbocycles. The minimum absolute atomic E-state index is 0.314. The van der Waals surface area contributed by atoms with Crippen LogP contribution in [-0.4, -0.2) is 24.6 Å². The summed E-state index contributed by atoms with van der Waals surface area (Å²) in [5.74, 6) is -0.667. The molecule has 1 atom stereocenters. The summed E-state index contributed by atoms with van der Waals surface area (Å²) in [7, 11) is 0. The van der Waals surface area contributed by atoms with Crippen LogP contribution in [0.3, 0.4) is 0 Å². The Kier molecular flexibility index (Phi) is 6.46. The minimum atomic E-state index is -0.984. The number of anilines is 1. The van der Waals surface area contributed by atoms with E-state index in [-0.39, 0.29) is 6.61 Å². The molecule has 0 aliphatic heterocycles. The van der Waals surface area contributed by atoms with Crippen LogP contribution in [0.4, 0.5) is 5.69 Å². The summed E-state index contributed by atoms with van der Waals surface area (Å²) in [6.45, 7) is 1.15. The Labute approximate surface area is 149 Å². The quantitative estimate of drug-likeness (QED) is 0.785. The van der Waals surface area contributed by atoms with Crippen LogP contribution in [0.2, 0.25) is 10.0 Å². The molecular weight excluding hydrogens is 353 g/mol. The number of halogens is 2. The van der Waals surface area contributed by atoms with Crippen molar-refractivity contribution in [1.82, 2.24) is 0 Å². The predicted octanol–water partition coefficient (Wildman–Crippen LogP) is 3.94. The molecule has 1 amide bonds. The van der Waals surface area contributed by atoms with Crippen LogP contribution in [0.25, 0.3) is 0 Å². The Morgan fingerprint density at radius 1 is 1.08 bits per heavy atom. The van der Waals surface area contributed by atoms with Gasteiger partial charge in [-0.2, -0.15) is 0 Å². The number of ether oxygens (including phenoxy) is 2. The number of esters is 1. The van der Waals surface area contributed by atoms with Gasteiger partial charge in [-0.25, -0.2) is 4.79 Å². The van der Waals surface area contributed by atoms with Crippen LogP contribution in [0.1, 0.15) is 6.92 Å². The Hall–Kier alpha value is -2.24. The van der Waals surface area contributed by atoms with Crippen molar-refractivity contribution in [3.05, 3.63) is 58.6 Å². The SMILES string of the molecule is CC(OC(=O)COc1ccc(Cl)cc1)C(=O)Nc1ccccc1Cl. The Morgan fingerprint density at radius 3 is 2.42 bits per heavy atom. The number of hydrogen-bond donors (Lipinski definition) is 1. The molecule has 2 rings (SSSR count). The number of nitrogens with one attached hydrogen (secondary N) is 1. The average Bonchev–Trinajstić information content (AvgIpc) is 2.56. The zero-order valence-corrected chi connectivity index (χ0v) is 14.3. The van der Waals surface area contributed by atoms with Gasteiger partial charge in [-0.05, 0) is 43.3 Å². The van der Waals surface area contributed by atoms with Gasteiger partial charge < -0.3 is 14.8 Å². The van der Waals surface area contributed by atoms with Gasteiger partial charge >= 0.3 is 5.97 Å². The maximum absolute atomic E-state index is 12.0. The number of carbonyl (C=O) groups is 2. The topological polar surface area (TPSA) is 64.6 Å². The average molecular weight is 368 g/mol. The lowest BCUT2D eigenvalue weighted by molar-refractivity contribution is -0.155. The molecule has 0 heterocycles. The van der Waals surface area contributed by atoms with Crippen molar-refractivity contribution < 1.29 is 19.1 Å². The summed E-state index contributed by atoms with van der Waals surface area (Å²) in [5.41, 5.74) is 0.449. The summed E-state index contributed by atoms with van der Waals surface area (Å²) in [4.78, 5) is 23.7. The van der Waals surface area contributed by atoms with Gasteiger partial charge in [0.1, 0.15) is 5.75 Å². The van der Waals surface area contributed by atoms with Gasteiger partial charge in [-0.1, -0.05) is 35.3 Å². The monoisotopic (exact) mass is 367 g/mol. The van der Waals surface area contributed by atoms with Gasteiger partial charge in [-0.3, -0.25) is 4.79 Å². The van der Waals surface area contributed by atoms with Crippen molar-refractivity contribution in [2.75, 3.05) is 11.9 Å². The highest BCUT2D eigenvalue weighted by Crippen LogP contribution is 2.20. The number of rotatable bonds is 6. The summed E-state index contributed by atoms with van der Waals surface area (Å²) >= 11 is 11.7. The molecule has 24 heavy (non-hydrogen) atoms. The summed E-state index contributed by atoms with van der Waals surface area (Å²) in [6.07, 6.45) is -0.984. The van der Waals surface area contributed by atoms with Gasteiger partial charge in [-0.15, -0.1) is 0 Å². The number of carbonyl (C=O) groups excluding carboxylic acids is 2. The lowest BCUT2D eigenvalue weighted by Gasteiger charge is -2.14. The second-order valence-corrected chi connectivity index (χ2v) is 5.69. The van der Waals surface area contributed by atoms with Crippen LogP contribution in [-0.2, 0) is 14.3 Å². The first-order valence-corrected chi connectivity index (χ1v) is 7.84.